The first-order chi connectivity index (χ1) is 11.0. The van der Waals surface area contributed by atoms with Crippen LogP contribution in [0.4, 0.5) is 4.79 Å². The normalized spacial score (nSPS) is 10.7. The summed E-state index contributed by atoms with van der Waals surface area (Å²) in [6.07, 6.45) is 2.33. The van der Waals surface area contributed by atoms with Gasteiger partial charge in [0.15, 0.2) is 11.4 Å². The van der Waals surface area contributed by atoms with E-state index < -0.39 is 11.7 Å². The number of aromatic amines is 1. The van der Waals surface area contributed by atoms with Gasteiger partial charge in [-0.1, -0.05) is 23.2 Å². The van der Waals surface area contributed by atoms with E-state index in [4.69, 9.17) is 33.0 Å². The summed E-state index contributed by atoms with van der Waals surface area (Å²) in [7, 11) is 0. The Morgan fingerprint density at radius 3 is 2.65 bits per heavy atom. The molecule has 0 unspecified atom stereocenters. The van der Waals surface area contributed by atoms with Crippen molar-refractivity contribution >= 4 is 40.5 Å². The van der Waals surface area contributed by atoms with Crippen LogP contribution in [0.2, 0.25) is 10.0 Å². The van der Waals surface area contributed by atoms with Gasteiger partial charge in [-0.15, -0.1) is 0 Å². The average Bonchev–Trinajstić information content (AvgIpc) is 2.48. The van der Waals surface area contributed by atoms with E-state index in [2.05, 4.69) is 19.9 Å². The SMILES string of the molecule is O=C(O)Oc1c(-c2ncc(Cl)cc2Cl)c(=O)[nH]c2nccnc12. The lowest BCUT2D eigenvalue weighted by Gasteiger charge is -2.10. The van der Waals surface area contributed by atoms with Crippen molar-refractivity contribution in [1.82, 2.24) is 19.9 Å². The van der Waals surface area contributed by atoms with Gasteiger partial charge in [0.05, 0.1) is 15.7 Å². The summed E-state index contributed by atoms with van der Waals surface area (Å²) in [5.74, 6) is -0.305. The number of pyridine rings is 2. The van der Waals surface area contributed by atoms with E-state index in [1.165, 1.54) is 24.7 Å². The number of ether oxygens (including phenoxy) is 1. The van der Waals surface area contributed by atoms with E-state index in [9.17, 15) is 9.59 Å². The molecular weight excluding hydrogens is 347 g/mol. The second-order valence-electron chi connectivity index (χ2n) is 4.26. The summed E-state index contributed by atoms with van der Waals surface area (Å²) < 4.78 is 4.74. The summed E-state index contributed by atoms with van der Waals surface area (Å²) in [6.45, 7) is 0. The van der Waals surface area contributed by atoms with Crippen molar-refractivity contribution in [2.45, 2.75) is 0 Å². The number of hydrogen-bond donors (Lipinski definition) is 2. The predicted octanol–water partition coefficient (Wildman–Crippen LogP) is 2.74. The molecule has 0 aliphatic heterocycles. The summed E-state index contributed by atoms with van der Waals surface area (Å²) >= 11 is 11.8. The highest BCUT2D eigenvalue weighted by molar-refractivity contribution is 6.36. The molecule has 0 saturated heterocycles. The molecular formula is C13H6Cl2N4O4. The zero-order valence-corrected chi connectivity index (χ0v) is 12.6. The maximum absolute atomic E-state index is 12.3. The standard InChI is InChI=1S/C13H6Cl2N4O4/c14-5-3-6(15)8(18-4-5)7-10(23-13(21)22)9-11(19-12(7)20)17-2-1-16-9/h1-4H,(H,21,22)(H,17,19,20). The van der Waals surface area contributed by atoms with Gasteiger partial charge in [-0.3, -0.25) is 9.78 Å². The van der Waals surface area contributed by atoms with Crippen LogP contribution in [0.5, 0.6) is 5.75 Å². The number of aromatic nitrogens is 4. The third-order valence-electron chi connectivity index (χ3n) is 2.83. The molecule has 0 aromatic carbocycles. The number of fused-ring (bicyclic) bond motifs is 1. The summed E-state index contributed by atoms with van der Waals surface area (Å²) in [4.78, 5) is 37.7. The van der Waals surface area contributed by atoms with Gasteiger partial charge in [-0.2, -0.15) is 0 Å². The van der Waals surface area contributed by atoms with Crippen LogP contribution in [0.25, 0.3) is 22.4 Å². The van der Waals surface area contributed by atoms with Crippen LogP contribution in [0.15, 0.2) is 29.5 Å². The van der Waals surface area contributed by atoms with Crippen molar-refractivity contribution < 1.29 is 14.6 Å². The number of carboxylic acid groups (broad SMARTS) is 1. The fourth-order valence-corrected chi connectivity index (χ4v) is 2.46. The van der Waals surface area contributed by atoms with Crippen molar-refractivity contribution in [2.75, 3.05) is 0 Å². The fraction of sp³-hybridized carbons (Fsp3) is 0. The minimum atomic E-state index is -1.62. The van der Waals surface area contributed by atoms with Gasteiger partial charge in [-0.25, -0.2) is 14.8 Å². The largest absolute Gasteiger partial charge is 0.511 e. The molecule has 0 spiro atoms. The molecule has 0 radical (unpaired) electrons. The van der Waals surface area contributed by atoms with Gasteiger partial charge in [0.25, 0.3) is 5.56 Å². The molecule has 0 amide bonds. The quantitative estimate of drug-likeness (QED) is 0.680. The van der Waals surface area contributed by atoms with Gasteiger partial charge in [0.2, 0.25) is 0 Å². The zero-order valence-electron chi connectivity index (χ0n) is 11.1. The molecule has 3 heterocycles. The second kappa shape index (κ2) is 5.82. The van der Waals surface area contributed by atoms with E-state index in [0.717, 1.165) is 0 Å². The molecule has 0 atom stereocenters. The van der Waals surface area contributed by atoms with Gasteiger partial charge in [0.1, 0.15) is 11.1 Å². The van der Waals surface area contributed by atoms with Gasteiger partial charge >= 0.3 is 6.16 Å². The first kappa shape index (κ1) is 15.2. The first-order valence-corrected chi connectivity index (χ1v) is 6.82. The van der Waals surface area contributed by atoms with Crippen molar-refractivity contribution in [1.29, 1.82) is 0 Å². The third kappa shape index (κ3) is 2.81. The van der Waals surface area contributed by atoms with Crippen molar-refractivity contribution in [3.8, 4) is 17.0 Å². The number of H-pyrrole nitrogens is 1. The highest BCUT2D eigenvalue weighted by Gasteiger charge is 2.23. The topological polar surface area (TPSA) is 118 Å². The lowest BCUT2D eigenvalue weighted by Crippen LogP contribution is -2.16. The molecule has 0 saturated carbocycles. The average molecular weight is 353 g/mol. The molecule has 3 aromatic rings. The number of hydrogen-bond acceptors (Lipinski definition) is 6. The summed E-state index contributed by atoms with van der Waals surface area (Å²) in [5, 5.41) is 9.26. The molecule has 10 heteroatoms. The fourth-order valence-electron chi connectivity index (χ4n) is 1.99. The maximum atomic E-state index is 12.3. The smallest absolute Gasteiger partial charge is 0.449 e. The molecule has 2 N–H and O–H groups in total. The number of carbonyl (C=O) groups is 1. The lowest BCUT2D eigenvalue weighted by molar-refractivity contribution is 0.145. The Morgan fingerprint density at radius 2 is 1.96 bits per heavy atom. The number of nitrogens with zero attached hydrogens (tertiary/aromatic N) is 3. The molecule has 0 aliphatic rings. The Hall–Kier alpha value is -2.71. The Bertz CT molecular complexity index is 989. The maximum Gasteiger partial charge on any atom is 0.511 e. The van der Waals surface area contributed by atoms with Crippen LogP contribution in [0.1, 0.15) is 0 Å². The Morgan fingerprint density at radius 1 is 1.22 bits per heavy atom. The Labute approximate surface area is 137 Å². The molecule has 3 aromatic heterocycles. The minimum absolute atomic E-state index is 0.0149. The molecule has 0 fully saturated rings. The van der Waals surface area contributed by atoms with Crippen LogP contribution < -0.4 is 10.3 Å². The Balaban J connectivity index is 2.41. The van der Waals surface area contributed by atoms with Gasteiger partial charge in [-0.05, 0) is 6.07 Å². The second-order valence-corrected chi connectivity index (χ2v) is 5.11. The molecule has 23 heavy (non-hydrogen) atoms. The zero-order chi connectivity index (χ0) is 16.6. The van der Waals surface area contributed by atoms with Gasteiger partial charge < -0.3 is 14.8 Å². The highest BCUT2D eigenvalue weighted by Crippen LogP contribution is 2.34. The lowest BCUT2D eigenvalue weighted by atomic mass is 10.1. The van der Waals surface area contributed by atoms with E-state index in [0.29, 0.717) is 0 Å². The van der Waals surface area contributed by atoms with E-state index in [1.54, 1.807) is 0 Å². The van der Waals surface area contributed by atoms with E-state index in [-0.39, 0.29) is 38.2 Å². The van der Waals surface area contributed by atoms with Crippen LogP contribution in [0.3, 0.4) is 0 Å². The summed E-state index contributed by atoms with van der Waals surface area (Å²) in [6, 6.07) is 1.37. The predicted molar refractivity (Wildman–Crippen MR) is 82.1 cm³/mol. The first-order valence-electron chi connectivity index (χ1n) is 6.06. The highest BCUT2D eigenvalue weighted by atomic mass is 35.5. The van der Waals surface area contributed by atoms with Crippen LogP contribution in [-0.4, -0.2) is 31.2 Å². The third-order valence-corrected chi connectivity index (χ3v) is 3.33. The van der Waals surface area contributed by atoms with E-state index >= 15 is 0 Å². The molecule has 3 rings (SSSR count). The number of rotatable bonds is 2. The van der Waals surface area contributed by atoms with Crippen molar-refractivity contribution in [2.24, 2.45) is 0 Å². The number of nitrogens with one attached hydrogen (secondary N) is 1. The summed E-state index contributed by atoms with van der Waals surface area (Å²) in [5.41, 5.74) is -0.714. The Kier molecular flexibility index (Phi) is 3.85. The van der Waals surface area contributed by atoms with Crippen molar-refractivity contribution in [3.05, 3.63) is 45.1 Å². The van der Waals surface area contributed by atoms with Gasteiger partial charge in [0, 0.05) is 18.6 Å². The van der Waals surface area contributed by atoms with E-state index in [1.807, 2.05) is 0 Å². The van der Waals surface area contributed by atoms with Crippen LogP contribution >= 0.6 is 23.2 Å². The monoisotopic (exact) mass is 352 g/mol. The van der Waals surface area contributed by atoms with Crippen molar-refractivity contribution in [3.63, 3.8) is 0 Å². The minimum Gasteiger partial charge on any atom is -0.449 e. The molecule has 0 bridgehead atoms. The molecule has 0 aliphatic carbocycles. The molecule has 8 nitrogen and oxygen atoms in total. The van der Waals surface area contributed by atoms with Crippen LogP contribution in [0, 0.1) is 0 Å². The molecule has 116 valence electrons. The number of halogens is 2. The van der Waals surface area contributed by atoms with Crippen LogP contribution in [-0.2, 0) is 0 Å².